The number of allylic oxidation sites excluding steroid dienone is 2. The Bertz CT molecular complexity index is 1510. The highest BCUT2D eigenvalue weighted by Gasteiger charge is 2.36. The lowest BCUT2D eigenvalue weighted by Gasteiger charge is -2.30. The highest BCUT2D eigenvalue weighted by molar-refractivity contribution is 8.03. The third-order valence-electron chi connectivity index (χ3n) is 6.15. The van der Waals surface area contributed by atoms with Gasteiger partial charge in [-0.05, 0) is 49.7 Å². The van der Waals surface area contributed by atoms with Crippen molar-refractivity contribution >= 4 is 46.6 Å². The number of ether oxygens (including phenoxy) is 1. The van der Waals surface area contributed by atoms with Gasteiger partial charge >= 0.3 is 0 Å². The number of dihydropyridines is 1. The molecule has 0 radical (unpaired) electrons. The van der Waals surface area contributed by atoms with Crippen LogP contribution in [0, 0.1) is 18.3 Å². The molecular weight excluding hydrogens is 532 g/mol. The molecular formula is C30H27ClN4O3S. The van der Waals surface area contributed by atoms with E-state index in [0.29, 0.717) is 49.6 Å². The predicted octanol–water partition coefficient (Wildman–Crippen LogP) is 6.36. The first-order valence-electron chi connectivity index (χ1n) is 12.1. The number of nitrogens with zero attached hydrogens (tertiary/aromatic N) is 1. The molecule has 3 aromatic rings. The van der Waals surface area contributed by atoms with Crippen LogP contribution in [0.15, 0.2) is 94.7 Å². The second kappa shape index (κ2) is 12.6. The maximum atomic E-state index is 13.7. The number of benzene rings is 3. The fourth-order valence-electron chi connectivity index (χ4n) is 4.26. The second-order valence-corrected chi connectivity index (χ2v) is 10.2. The lowest BCUT2D eigenvalue weighted by molar-refractivity contribution is -0.114. The number of nitrogens with one attached hydrogen (secondary N) is 3. The molecule has 1 aliphatic rings. The van der Waals surface area contributed by atoms with Gasteiger partial charge in [0.1, 0.15) is 5.75 Å². The number of carbonyl (C=O) groups excluding carboxylic acids is 2. The van der Waals surface area contributed by atoms with Gasteiger partial charge in [-0.2, -0.15) is 5.26 Å². The molecule has 0 saturated heterocycles. The maximum absolute atomic E-state index is 13.7. The molecule has 0 bridgehead atoms. The molecule has 7 nitrogen and oxygen atoms in total. The van der Waals surface area contributed by atoms with Crippen LogP contribution in [-0.4, -0.2) is 24.7 Å². The summed E-state index contributed by atoms with van der Waals surface area (Å²) in [5.41, 5.74) is 4.09. The standard InChI is InChI=1S/C30H27ClN4O3S/c1-18-12-14-20(15-13-18)34-26(36)17-39-30-22(16-32)28(21-8-4-5-9-23(21)31)27(19(2)33-30)29(37)35-24-10-6-7-11-25(24)38-3/h4-15,28,33H,17H2,1-3H3,(H,34,36)(H,35,37). The molecule has 0 aromatic heterocycles. The van der Waals surface area contributed by atoms with Gasteiger partial charge in [0.25, 0.3) is 5.91 Å². The molecule has 1 heterocycles. The van der Waals surface area contributed by atoms with Crippen molar-refractivity contribution in [2.75, 3.05) is 23.5 Å². The average Bonchev–Trinajstić information content (AvgIpc) is 2.93. The topological polar surface area (TPSA) is 103 Å². The summed E-state index contributed by atoms with van der Waals surface area (Å²) in [6.45, 7) is 3.74. The van der Waals surface area contributed by atoms with E-state index >= 15 is 0 Å². The molecule has 198 valence electrons. The lowest BCUT2D eigenvalue weighted by atomic mass is 9.82. The Morgan fingerprint density at radius 2 is 1.72 bits per heavy atom. The first kappa shape index (κ1) is 27.8. The molecule has 2 amide bonds. The van der Waals surface area contributed by atoms with Crippen LogP contribution in [0.2, 0.25) is 5.02 Å². The number of hydrogen-bond acceptors (Lipinski definition) is 6. The van der Waals surface area contributed by atoms with Gasteiger partial charge in [0.2, 0.25) is 5.91 Å². The third-order valence-corrected chi connectivity index (χ3v) is 7.51. The van der Waals surface area contributed by atoms with E-state index in [1.165, 1.54) is 18.9 Å². The quantitative estimate of drug-likeness (QED) is 0.297. The SMILES string of the molecule is COc1ccccc1NC(=O)C1=C(C)NC(SCC(=O)Nc2ccc(C)cc2)=C(C#N)C1c1ccccc1Cl. The van der Waals surface area contributed by atoms with Crippen molar-refractivity contribution in [3.63, 3.8) is 0 Å². The van der Waals surface area contributed by atoms with Crippen molar-refractivity contribution in [1.82, 2.24) is 5.32 Å². The Morgan fingerprint density at radius 1 is 1.03 bits per heavy atom. The molecule has 0 aliphatic carbocycles. The molecule has 0 fully saturated rings. The minimum Gasteiger partial charge on any atom is -0.495 e. The minimum absolute atomic E-state index is 0.0622. The average molecular weight is 559 g/mol. The number of rotatable bonds is 8. The minimum atomic E-state index is -0.748. The number of aryl methyl sites for hydroxylation is 1. The van der Waals surface area contributed by atoms with Crippen LogP contribution in [0.3, 0.4) is 0 Å². The van der Waals surface area contributed by atoms with Gasteiger partial charge in [-0.25, -0.2) is 0 Å². The fourth-order valence-corrected chi connectivity index (χ4v) is 5.39. The summed E-state index contributed by atoms with van der Waals surface area (Å²) in [6.07, 6.45) is 0. The first-order chi connectivity index (χ1) is 18.8. The summed E-state index contributed by atoms with van der Waals surface area (Å²) in [4.78, 5) is 26.4. The van der Waals surface area contributed by atoms with Gasteiger partial charge in [-0.3, -0.25) is 9.59 Å². The van der Waals surface area contributed by atoms with Gasteiger partial charge in [0, 0.05) is 22.0 Å². The molecule has 3 N–H and O–H groups in total. The summed E-state index contributed by atoms with van der Waals surface area (Å²) in [5.74, 6) is -0.794. The van der Waals surface area contributed by atoms with E-state index in [1.54, 1.807) is 43.3 Å². The van der Waals surface area contributed by atoms with Crippen LogP contribution in [0.5, 0.6) is 5.75 Å². The molecule has 4 rings (SSSR count). The molecule has 1 atom stereocenters. The molecule has 0 saturated carbocycles. The van der Waals surface area contributed by atoms with Gasteiger partial charge in [-0.1, -0.05) is 71.4 Å². The predicted molar refractivity (Wildman–Crippen MR) is 157 cm³/mol. The number of thioether (sulfide) groups is 1. The summed E-state index contributed by atoms with van der Waals surface area (Å²) >= 11 is 7.78. The van der Waals surface area contributed by atoms with Gasteiger partial charge in [0.15, 0.2) is 0 Å². The lowest BCUT2D eigenvalue weighted by Crippen LogP contribution is -2.31. The Morgan fingerprint density at radius 3 is 2.41 bits per heavy atom. The smallest absolute Gasteiger partial charge is 0.254 e. The second-order valence-electron chi connectivity index (χ2n) is 8.83. The molecule has 0 spiro atoms. The molecule has 1 unspecified atom stereocenters. The highest BCUT2D eigenvalue weighted by atomic mass is 35.5. The first-order valence-corrected chi connectivity index (χ1v) is 13.5. The summed E-state index contributed by atoms with van der Waals surface area (Å²) in [5, 5.41) is 20.2. The van der Waals surface area contributed by atoms with E-state index in [0.717, 1.165) is 5.56 Å². The van der Waals surface area contributed by atoms with E-state index < -0.39 is 11.8 Å². The molecule has 39 heavy (non-hydrogen) atoms. The Labute approximate surface area is 236 Å². The van der Waals surface area contributed by atoms with Crippen molar-refractivity contribution in [2.45, 2.75) is 19.8 Å². The third kappa shape index (κ3) is 6.45. The van der Waals surface area contributed by atoms with E-state index in [2.05, 4.69) is 22.0 Å². The Balaban J connectivity index is 1.65. The zero-order chi connectivity index (χ0) is 27.9. The van der Waals surface area contributed by atoms with Crippen LogP contribution < -0.4 is 20.7 Å². The highest BCUT2D eigenvalue weighted by Crippen LogP contribution is 2.43. The number of methoxy groups -OCH3 is 1. The largest absolute Gasteiger partial charge is 0.495 e. The molecule has 9 heteroatoms. The number of para-hydroxylation sites is 2. The van der Waals surface area contributed by atoms with Crippen LogP contribution in [-0.2, 0) is 9.59 Å². The monoisotopic (exact) mass is 558 g/mol. The number of halogens is 1. The van der Waals surface area contributed by atoms with E-state index in [9.17, 15) is 14.9 Å². The van der Waals surface area contributed by atoms with Crippen LogP contribution in [0.4, 0.5) is 11.4 Å². The van der Waals surface area contributed by atoms with Gasteiger partial charge < -0.3 is 20.7 Å². The normalized spacial score (nSPS) is 14.8. The van der Waals surface area contributed by atoms with Crippen LogP contribution in [0.25, 0.3) is 0 Å². The van der Waals surface area contributed by atoms with Gasteiger partial charge in [0.05, 0.1) is 41.1 Å². The van der Waals surface area contributed by atoms with Crippen molar-refractivity contribution in [1.29, 1.82) is 5.26 Å². The molecule has 3 aromatic carbocycles. The number of anilines is 2. The van der Waals surface area contributed by atoms with Crippen molar-refractivity contribution in [3.8, 4) is 11.8 Å². The summed E-state index contributed by atoms with van der Waals surface area (Å²) in [7, 11) is 1.53. The van der Waals surface area contributed by atoms with Crippen molar-refractivity contribution in [2.24, 2.45) is 0 Å². The van der Waals surface area contributed by atoms with Crippen molar-refractivity contribution in [3.05, 3.63) is 111 Å². The van der Waals surface area contributed by atoms with Gasteiger partial charge in [-0.15, -0.1) is 0 Å². The Hall–Kier alpha value is -4.19. The Kier molecular flexibility index (Phi) is 8.97. The van der Waals surface area contributed by atoms with Crippen LogP contribution >= 0.6 is 23.4 Å². The zero-order valence-corrected chi connectivity index (χ0v) is 23.2. The van der Waals surface area contributed by atoms with E-state index in [1.807, 2.05) is 43.3 Å². The molecule has 1 aliphatic heterocycles. The zero-order valence-electron chi connectivity index (χ0n) is 21.7. The fraction of sp³-hybridized carbons (Fsp3) is 0.167. The number of hydrogen-bond donors (Lipinski definition) is 3. The maximum Gasteiger partial charge on any atom is 0.254 e. The number of carbonyl (C=O) groups is 2. The number of nitriles is 1. The summed E-state index contributed by atoms with van der Waals surface area (Å²) < 4.78 is 5.38. The van der Waals surface area contributed by atoms with Crippen molar-refractivity contribution < 1.29 is 14.3 Å². The van der Waals surface area contributed by atoms with E-state index in [-0.39, 0.29) is 11.7 Å². The number of amides is 2. The van der Waals surface area contributed by atoms with E-state index in [4.69, 9.17) is 16.3 Å². The summed E-state index contributed by atoms with van der Waals surface area (Å²) in [6, 6.07) is 24.0. The van der Waals surface area contributed by atoms with Crippen LogP contribution in [0.1, 0.15) is 24.0 Å².